The van der Waals surface area contributed by atoms with Crippen LogP contribution in [-0.4, -0.2) is 20.8 Å². The summed E-state index contributed by atoms with van der Waals surface area (Å²) in [5.74, 6) is 0.529. The summed E-state index contributed by atoms with van der Waals surface area (Å²) in [5, 5.41) is 13.7. The van der Waals surface area contributed by atoms with E-state index >= 15 is 0 Å². The molecule has 7 nitrogen and oxygen atoms in total. The van der Waals surface area contributed by atoms with Crippen molar-refractivity contribution >= 4 is 28.3 Å². The summed E-state index contributed by atoms with van der Waals surface area (Å²) in [5.41, 5.74) is 2.69. The summed E-state index contributed by atoms with van der Waals surface area (Å²) in [4.78, 5) is 30.2. The number of hydrogen-bond donors (Lipinski definition) is 2. The predicted molar refractivity (Wildman–Crippen MR) is 90.9 cm³/mol. The number of H-pyrrole nitrogens is 1. The topological polar surface area (TPSA) is 101 Å². The minimum atomic E-state index is -0.459. The molecule has 24 heavy (non-hydrogen) atoms. The number of aromatic amines is 1. The highest BCUT2D eigenvalue weighted by Gasteiger charge is 2.15. The lowest BCUT2D eigenvalue weighted by molar-refractivity contribution is -0.385. The van der Waals surface area contributed by atoms with Crippen molar-refractivity contribution in [2.75, 3.05) is 5.32 Å². The highest BCUT2D eigenvalue weighted by Crippen LogP contribution is 2.25. The number of aromatic nitrogens is 2. The molecule has 0 fully saturated rings. The predicted octanol–water partition coefficient (Wildman–Crippen LogP) is 3.35. The molecule has 0 aliphatic carbocycles. The van der Waals surface area contributed by atoms with Gasteiger partial charge in [-0.15, -0.1) is 0 Å². The zero-order chi connectivity index (χ0) is 17.1. The molecule has 1 amide bonds. The van der Waals surface area contributed by atoms with Crippen molar-refractivity contribution < 1.29 is 9.72 Å². The molecule has 0 aliphatic heterocycles. The van der Waals surface area contributed by atoms with E-state index in [0.29, 0.717) is 17.7 Å². The van der Waals surface area contributed by atoms with E-state index < -0.39 is 4.92 Å². The third-order valence-corrected chi connectivity index (χ3v) is 3.80. The van der Waals surface area contributed by atoms with Crippen LogP contribution >= 0.6 is 0 Å². The Morgan fingerprint density at radius 2 is 2.04 bits per heavy atom. The van der Waals surface area contributed by atoms with Crippen LogP contribution in [0.3, 0.4) is 0 Å². The van der Waals surface area contributed by atoms with Crippen LogP contribution in [-0.2, 0) is 11.2 Å². The molecule has 0 aliphatic rings. The number of nitrogens with one attached hydrogen (secondary N) is 2. The molecule has 0 spiro atoms. The normalized spacial score (nSPS) is 10.7. The second-order valence-electron chi connectivity index (χ2n) is 5.46. The maximum atomic E-state index is 12.1. The number of nitrogens with zero attached hydrogens (tertiary/aromatic N) is 2. The Morgan fingerprint density at radius 1 is 1.25 bits per heavy atom. The monoisotopic (exact) mass is 324 g/mol. The zero-order valence-electron chi connectivity index (χ0n) is 13.1. The smallest absolute Gasteiger partial charge is 0.274 e. The van der Waals surface area contributed by atoms with Gasteiger partial charge in [0.15, 0.2) is 0 Å². The largest absolute Gasteiger partial charge is 0.342 e. The van der Waals surface area contributed by atoms with Gasteiger partial charge in [0.1, 0.15) is 5.82 Å². The van der Waals surface area contributed by atoms with E-state index in [0.717, 1.165) is 16.9 Å². The van der Waals surface area contributed by atoms with Crippen LogP contribution in [0.1, 0.15) is 17.8 Å². The summed E-state index contributed by atoms with van der Waals surface area (Å²) in [6.07, 6.45) is 0.705. The van der Waals surface area contributed by atoms with Crippen molar-refractivity contribution in [3.05, 3.63) is 64.0 Å². The number of amides is 1. The van der Waals surface area contributed by atoms with Crippen molar-refractivity contribution in [1.82, 2.24) is 9.97 Å². The SMILES string of the molecule is Cc1c(NC(=O)CCc2nc3ccccc3[nH]2)cccc1[N+](=O)[O-]. The fourth-order valence-corrected chi connectivity index (χ4v) is 2.53. The Bertz CT molecular complexity index is 884. The van der Waals surface area contributed by atoms with Crippen LogP contribution in [0, 0.1) is 17.0 Å². The van der Waals surface area contributed by atoms with E-state index in [2.05, 4.69) is 15.3 Å². The summed E-state index contributed by atoms with van der Waals surface area (Å²) >= 11 is 0. The van der Waals surface area contributed by atoms with Gasteiger partial charge in [-0.25, -0.2) is 4.98 Å². The zero-order valence-corrected chi connectivity index (χ0v) is 13.1. The highest BCUT2D eigenvalue weighted by atomic mass is 16.6. The third-order valence-electron chi connectivity index (χ3n) is 3.80. The molecular formula is C17H16N4O3. The molecule has 2 N–H and O–H groups in total. The number of carbonyl (C=O) groups is 1. The highest BCUT2D eigenvalue weighted by molar-refractivity contribution is 5.92. The molecule has 0 atom stereocenters. The van der Waals surface area contributed by atoms with Crippen LogP contribution in [0.5, 0.6) is 0 Å². The van der Waals surface area contributed by atoms with Gasteiger partial charge in [-0.2, -0.15) is 0 Å². The van der Waals surface area contributed by atoms with Gasteiger partial charge in [0, 0.05) is 18.9 Å². The number of anilines is 1. The van der Waals surface area contributed by atoms with Gasteiger partial charge in [-0.1, -0.05) is 18.2 Å². The number of nitro groups is 1. The van der Waals surface area contributed by atoms with E-state index in [1.807, 2.05) is 24.3 Å². The Morgan fingerprint density at radius 3 is 2.79 bits per heavy atom. The van der Waals surface area contributed by atoms with Gasteiger partial charge in [-0.3, -0.25) is 14.9 Å². The van der Waals surface area contributed by atoms with Crippen molar-refractivity contribution in [3.63, 3.8) is 0 Å². The second-order valence-corrected chi connectivity index (χ2v) is 5.46. The molecule has 0 saturated heterocycles. The van der Waals surface area contributed by atoms with Crippen molar-refractivity contribution in [2.45, 2.75) is 19.8 Å². The number of nitro benzene ring substituents is 1. The fourth-order valence-electron chi connectivity index (χ4n) is 2.53. The summed E-state index contributed by atoms with van der Waals surface area (Å²) < 4.78 is 0. The quantitative estimate of drug-likeness (QED) is 0.555. The van der Waals surface area contributed by atoms with Crippen molar-refractivity contribution in [2.24, 2.45) is 0 Å². The van der Waals surface area contributed by atoms with Gasteiger partial charge in [0.25, 0.3) is 5.69 Å². The Hall–Kier alpha value is -3.22. The number of para-hydroxylation sites is 2. The lowest BCUT2D eigenvalue weighted by atomic mass is 10.1. The lowest BCUT2D eigenvalue weighted by Gasteiger charge is -2.08. The van der Waals surface area contributed by atoms with Crippen LogP contribution in [0.2, 0.25) is 0 Å². The average Bonchev–Trinajstić information content (AvgIpc) is 2.97. The molecule has 122 valence electrons. The molecule has 0 saturated carbocycles. The van der Waals surface area contributed by atoms with Gasteiger partial charge in [0.2, 0.25) is 5.91 Å². The molecule has 1 heterocycles. The van der Waals surface area contributed by atoms with Crippen LogP contribution in [0.15, 0.2) is 42.5 Å². The Kier molecular flexibility index (Phi) is 4.24. The molecule has 0 bridgehead atoms. The van der Waals surface area contributed by atoms with E-state index in [1.54, 1.807) is 19.1 Å². The third kappa shape index (κ3) is 3.24. The number of rotatable bonds is 5. The maximum Gasteiger partial charge on any atom is 0.274 e. The molecule has 1 aromatic heterocycles. The number of aryl methyl sites for hydroxylation is 1. The van der Waals surface area contributed by atoms with Gasteiger partial charge >= 0.3 is 0 Å². The van der Waals surface area contributed by atoms with E-state index in [4.69, 9.17) is 0 Å². The molecule has 3 rings (SSSR count). The Balaban J connectivity index is 1.65. The first-order chi connectivity index (χ1) is 11.5. The second kappa shape index (κ2) is 6.49. The molecular weight excluding hydrogens is 308 g/mol. The molecule has 3 aromatic rings. The van der Waals surface area contributed by atoms with Gasteiger partial charge in [0.05, 0.1) is 27.2 Å². The minimum Gasteiger partial charge on any atom is -0.342 e. The summed E-state index contributed by atoms with van der Waals surface area (Å²) in [6, 6.07) is 12.3. The first-order valence-electron chi connectivity index (χ1n) is 7.52. The standard InChI is InChI=1S/C17H16N4O3/c1-11-12(7-4-8-15(11)21(23)24)20-17(22)10-9-16-18-13-5-2-3-6-14(13)19-16/h2-8H,9-10H2,1H3,(H,18,19)(H,20,22). The van der Waals surface area contributed by atoms with E-state index in [1.165, 1.54) is 6.07 Å². The van der Waals surface area contributed by atoms with Crippen molar-refractivity contribution in [3.8, 4) is 0 Å². The Labute approximate surface area is 137 Å². The number of imidazole rings is 1. The lowest BCUT2D eigenvalue weighted by Crippen LogP contribution is -2.14. The van der Waals surface area contributed by atoms with Crippen LogP contribution < -0.4 is 5.32 Å². The van der Waals surface area contributed by atoms with E-state index in [9.17, 15) is 14.9 Å². The fraction of sp³-hybridized carbons (Fsp3) is 0.176. The van der Waals surface area contributed by atoms with Crippen LogP contribution in [0.4, 0.5) is 11.4 Å². The number of hydrogen-bond acceptors (Lipinski definition) is 4. The van der Waals surface area contributed by atoms with Gasteiger partial charge in [-0.05, 0) is 25.1 Å². The molecule has 0 radical (unpaired) electrons. The van der Waals surface area contributed by atoms with E-state index in [-0.39, 0.29) is 18.0 Å². The first kappa shape index (κ1) is 15.7. The maximum absolute atomic E-state index is 12.1. The number of carbonyl (C=O) groups excluding carboxylic acids is 1. The molecule has 0 unspecified atom stereocenters. The average molecular weight is 324 g/mol. The minimum absolute atomic E-state index is 0.00918. The summed E-state index contributed by atoms with van der Waals surface area (Å²) in [6.45, 7) is 1.62. The van der Waals surface area contributed by atoms with Gasteiger partial charge < -0.3 is 10.3 Å². The first-order valence-corrected chi connectivity index (χ1v) is 7.52. The summed E-state index contributed by atoms with van der Waals surface area (Å²) in [7, 11) is 0. The molecule has 2 aromatic carbocycles. The van der Waals surface area contributed by atoms with Crippen molar-refractivity contribution in [1.29, 1.82) is 0 Å². The molecule has 7 heteroatoms. The number of benzene rings is 2. The number of fused-ring (bicyclic) bond motifs is 1. The van der Waals surface area contributed by atoms with Crippen LogP contribution in [0.25, 0.3) is 11.0 Å².